The summed E-state index contributed by atoms with van der Waals surface area (Å²) < 4.78 is 0. The zero-order valence-electron chi connectivity index (χ0n) is 11.5. The Morgan fingerprint density at radius 3 is 2.38 bits per heavy atom. The number of carbonyl (C=O) groups is 3. The van der Waals surface area contributed by atoms with Crippen molar-refractivity contribution < 1.29 is 14.4 Å². The molecule has 1 heterocycles. The number of nitrogens with zero attached hydrogens (tertiary/aromatic N) is 2. The molecule has 0 aromatic heterocycles. The zero-order chi connectivity index (χ0) is 15.2. The molecular formula is C15H15N3O3. The number of amides is 3. The van der Waals surface area contributed by atoms with Gasteiger partial charge in [0.2, 0.25) is 17.7 Å². The second-order valence-electron chi connectivity index (χ2n) is 4.78. The molecule has 1 aromatic carbocycles. The third-order valence-electron chi connectivity index (χ3n) is 3.24. The summed E-state index contributed by atoms with van der Waals surface area (Å²) >= 11 is 0. The van der Waals surface area contributed by atoms with Crippen molar-refractivity contribution >= 4 is 23.4 Å². The lowest BCUT2D eigenvalue weighted by Crippen LogP contribution is -2.41. The molecule has 1 aliphatic heterocycles. The summed E-state index contributed by atoms with van der Waals surface area (Å²) in [5, 5.41) is 11.3. The Morgan fingerprint density at radius 1 is 1.19 bits per heavy atom. The van der Waals surface area contributed by atoms with Gasteiger partial charge in [-0.15, -0.1) is 0 Å². The maximum absolute atomic E-state index is 11.8. The number of carbonyl (C=O) groups excluding carboxylic acids is 3. The first-order valence-corrected chi connectivity index (χ1v) is 6.73. The molecule has 1 N–H and O–H groups in total. The third kappa shape index (κ3) is 3.89. The van der Waals surface area contributed by atoms with Crippen molar-refractivity contribution in [3.8, 4) is 6.07 Å². The Kier molecular flexibility index (Phi) is 4.67. The molecule has 0 bridgehead atoms. The lowest BCUT2D eigenvalue weighted by Gasteiger charge is -2.24. The maximum atomic E-state index is 11.8. The molecule has 108 valence electrons. The van der Waals surface area contributed by atoms with E-state index in [2.05, 4.69) is 5.32 Å². The lowest BCUT2D eigenvalue weighted by atomic mass is 10.1. The number of anilines is 1. The van der Waals surface area contributed by atoms with Gasteiger partial charge in [0.05, 0.1) is 11.6 Å². The molecule has 6 heteroatoms. The lowest BCUT2D eigenvalue weighted by molar-refractivity contribution is -0.148. The minimum absolute atomic E-state index is 0.0669. The van der Waals surface area contributed by atoms with E-state index >= 15 is 0 Å². The number of nitrogens with one attached hydrogen (secondary N) is 1. The smallest absolute Gasteiger partial charge is 0.229 e. The average Bonchev–Trinajstić information content (AvgIpc) is 2.47. The van der Waals surface area contributed by atoms with Gasteiger partial charge in [0, 0.05) is 31.5 Å². The quantitative estimate of drug-likeness (QED) is 0.847. The van der Waals surface area contributed by atoms with Crippen molar-refractivity contribution in [2.24, 2.45) is 0 Å². The van der Waals surface area contributed by atoms with Crippen molar-refractivity contribution in [3.63, 3.8) is 0 Å². The number of nitriles is 1. The van der Waals surface area contributed by atoms with Crippen LogP contribution in [-0.4, -0.2) is 29.2 Å². The van der Waals surface area contributed by atoms with Crippen LogP contribution < -0.4 is 5.32 Å². The first-order valence-electron chi connectivity index (χ1n) is 6.73. The highest BCUT2D eigenvalue weighted by Crippen LogP contribution is 2.13. The molecule has 21 heavy (non-hydrogen) atoms. The van der Waals surface area contributed by atoms with Gasteiger partial charge in [-0.05, 0) is 30.7 Å². The van der Waals surface area contributed by atoms with Gasteiger partial charge in [-0.1, -0.05) is 0 Å². The Hall–Kier alpha value is -2.68. The molecule has 6 nitrogen and oxygen atoms in total. The van der Waals surface area contributed by atoms with Crippen LogP contribution in [0.5, 0.6) is 0 Å². The van der Waals surface area contributed by atoms with E-state index in [0.29, 0.717) is 30.5 Å². The van der Waals surface area contributed by atoms with Crippen LogP contribution >= 0.6 is 0 Å². The molecule has 1 aliphatic rings. The predicted octanol–water partition coefficient (Wildman–Crippen LogP) is 1.43. The SMILES string of the molecule is N#Cc1ccc(NC(=O)CCN2C(=O)CCCC2=O)cc1. The van der Waals surface area contributed by atoms with E-state index in [1.807, 2.05) is 6.07 Å². The van der Waals surface area contributed by atoms with Crippen LogP contribution in [0.4, 0.5) is 5.69 Å². The van der Waals surface area contributed by atoms with Crippen LogP contribution in [0.15, 0.2) is 24.3 Å². The van der Waals surface area contributed by atoms with Crippen molar-refractivity contribution in [3.05, 3.63) is 29.8 Å². The molecule has 2 rings (SSSR count). The fourth-order valence-corrected chi connectivity index (χ4v) is 2.11. The number of hydrogen-bond acceptors (Lipinski definition) is 4. The Balaban J connectivity index is 1.85. The van der Waals surface area contributed by atoms with Crippen LogP contribution in [0.1, 0.15) is 31.2 Å². The maximum Gasteiger partial charge on any atom is 0.229 e. The first-order chi connectivity index (χ1) is 10.1. The minimum atomic E-state index is -0.272. The summed E-state index contributed by atoms with van der Waals surface area (Å²) in [5.74, 6) is -0.694. The van der Waals surface area contributed by atoms with E-state index < -0.39 is 0 Å². The Labute approximate surface area is 122 Å². The van der Waals surface area contributed by atoms with E-state index in [-0.39, 0.29) is 30.7 Å². The van der Waals surface area contributed by atoms with Crippen LogP contribution in [-0.2, 0) is 14.4 Å². The first kappa shape index (κ1) is 14.7. The molecule has 0 spiro atoms. The molecule has 3 amide bonds. The number of likely N-dealkylation sites (tertiary alicyclic amines) is 1. The van der Waals surface area contributed by atoms with Gasteiger partial charge in [0.25, 0.3) is 0 Å². The second kappa shape index (κ2) is 6.66. The van der Waals surface area contributed by atoms with Gasteiger partial charge in [-0.3, -0.25) is 19.3 Å². The summed E-state index contributed by atoms with van der Waals surface area (Å²) in [6.07, 6.45) is 1.38. The summed E-state index contributed by atoms with van der Waals surface area (Å²) in [5.41, 5.74) is 1.09. The Morgan fingerprint density at radius 2 is 1.81 bits per heavy atom. The number of piperidine rings is 1. The van der Waals surface area contributed by atoms with Crippen molar-refractivity contribution in [1.29, 1.82) is 5.26 Å². The largest absolute Gasteiger partial charge is 0.326 e. The number of imide groups is 1. The monoisotopic (exact) mass is 285 g/mol. The highest BCUT2D eigenvalue weighted by atomic mass is 16.2. The summed E-state index contributed by atoms with van der Waals surface area (Å²) in [7, 11) is 0. The second-order valence-corrected chi connectivity index (χ2v) is 4.78. The molecule has 1 aromatic rings. The molecule has 0 aliphatic carbocycles. The average molecular weight is 285 g/mol. The van der Waals surface area contributed by atoms with Gasteiger partial charge in [0.1, 0.15) is 0 Å². The number of benzene rings is 1. The van der Waals surface area contributed by atoms with Crippen molar-refractivity contribution in [2.45, 2.75) is 25.7 Å². The van der Waals surface area contributed by atoms with E-state index in [1.54, 1.807) is 24.3 Å². The van der Waals surface area contributed by atoms with Gasteiger partial charge < -0.3 is 5.32 Å². The molecule has 1 fully saturated rings. The van der Waals surface area contributed by atoms with Gasteiger partial charge >= 0.3 is 0 Å². The Bertz CT molecular complexity index is 586. The molecule has 0 saturated carbocycles. The topological polar surface area (TPSA) is 90.3 Å². The summed E-state index contributed by atoms with van der Waals surface area (Å²) in [6, 6.07) is 8.47. The van der Waals surface area contributed by atoms with Crippen LogP contribution in [0, 0.1) is 11.3 Å². The predicted molar refractivity (Wildman–Crippen MR) is 75.0 cm³/mol. The van der Waals surface area contributed by atoms with Crippen LogP contribution in [0.25, 0.3) is 0 Å². The highest BCUT2D eigenvalue weighted by molar-refractivity contribution is 5.98. The standard InChI is InChI=1S/C15H15N3O3/c16-10-11-4-6-12(7-5-11)17-13(19)8-9-18-14(20)2-1-3-15(18)21/h4-7H,1-3,8-9H2,(H,17,19). The van der Waals surface area contributed by atoms with Gasteiger partial charge in [-0.25, -0.2) is 0 Å². The van der Waals surface area contributed by atoms with Crippen molar-refractivity contribution in [1.82, 2.24) is 4.90 Å². The minimum Gasteiger partial charge on any atom is -0.326 e. The molecule has 1 saturated heterocycles. The fourth-order valence-electron chi connectivity index (χ4n) is 2.11. The normalized spacial score (nSPS) is 14.7. The zero-order valence-corrected chi connectivity index (χ0v) is 11.5. The van der Waals surface area contributed by atoms with Crippen molar-refractivity contribution in [2.75, 3.05) is 11.9 Å². The fraction of sp³-hybridized carbons (Fsp3) is 0.333. The van der Waals surface area contributed by atoms with Gasteiger partial charge in [-0.2, -0.15) is 5.26 Å². The van der Waals surface area contributed by atoms with E-state index in [0.717, 1.165) is 4.90 Å². The third-order valence-corrected chi connectivity index (χ3v) is 3.24. The number of hydrogen-bond donors (Lipinski definition) is 1. The van der Waals surface area contributed by atoms with E-state index in [1.165, 1.54) is 0 Å². The summed E-state index contributed by atoms with van der Waals surface area (Å²) in [6.45, 7) is 0.111. The summed E-state index contributed by atoms with van der Waals surface area (Å²) in [4.78, 5) is 36.1. The van der Waals surface area contributed by atoms with Gasteiger partial charge in [0.15, 0.2) is 0 Å². The van der Waals surface area contributed by atoms with Crippen LogP contribution in [0.3, 0.4) is 0 Å². The number of rotatable bonds is 4. The highest BCUT2D eigenvalue weighted by Gasteiger charge is 2.25. The molecule has 0 radical (unpaired) electrons. The van der Waals surface area contributed by atoms with Crippen LogP contribution in [0.2, 0.25) is 0 Å². The van der Waals surface area contributed by atoms with E-state index in [9.17, 15) is 14.4 Å². The molecular weight excluding hydrogens is 270 g/mol. The molecule has 0 atom stereocenters. The van der Waals surface area contributed by atoms with E-state index in [4.69, 9.17) is 5.26 Å². The molecule has 0 unspecified atom stereocenters.